The van der Waals surface area contributed by atoms with E-state index < -0.39 is 0 Å². The zero-order valence-electron chi connectivity index (χ0n) is 8.24. The summed E-state index contributed by atoms with van der Waals surface area (Å²) in [4.78, 5) is 4.07. The third-order valence-corrected chi connectivity index (χ3v) is 2.23. The van der Waals surface area contributed by atoms with Crippen molar-refractivity contribution < 1.29 is 9.52 Å². The van der Waals surface area contributed by atoms with Crippen molar-refractivity contribution in [3.8, 4) is 6.01 Å². The average molecular weight is 216 g/mol. The van der Waals surface area contributed by atoms with E-state index in [0.29, 0.717) is 11.7 Å². The number of oxazole rings is 1. The van der Waals surface area contributed by atoms with Gasteiger partial charge >= 0.3 is 6.01 Å². The topological polar surface area (TPSA) is 77.0 Å². The third kappa shape index (κ3) is 1.28. The number of nitrogens with zero attached hydrogens (tertiary/aromatic N) is 4. The molecule has 0 saturated carbocycles. The lowest BCUT2D eigenvalue weighted by atomic mass is 10.3. The summed E-state index contributed by atoms with van der Waals surface area (Å²) in [5, 5.41) is 16.8. The van der Waals surface area contributed by atoms with E-state index in [1.54, 1.807) is 0 Å². The lowest BCUT2D eigenvalue weighted by Crippen LogP contribution is -1.97. The van der Waals surface area contributed by atoms with Gasteiger partial charge < -0.3 is 9.52 Å². The molecule has 3 rings (SSSR count). The summed E-state index contributed by atoms with van der Waals surface area (Å²) < 4.78 is 6.69. The maximum absolute atomic E-state index is 8.89. The monoisotopic (exact) mass is 216 g/mol. The van der Waals surface area contributed by atoms with Crippen molar-refractivity contribution in [1.82, 2.24) is 20.0 Å². The molecule has 6 nitrogen and oxygen atoms in total. The Labute approximate surface area is 90.1 Å². The zero-order valence-corrected chi connectivity index (χ0v) is 8.24. The van der Waals surface area contributed by atoms with Crippen molar-refractivity contribution in [1.29, 1.82) is 0 Å². The molecule has 0 bridgehead atoms. The van der Waals surface area contributed by atoms with E-state index in [-0.39, 0.29) is 6.61 Å². The molecule has 3 aromatic rings. The fraction of sp³-hybridized carbons (Fsp3) is 0.100. The van der Waals surface area contributed by atoms with E-state index in [9.17, 15) is 0 Å². The molecule has 6 heteroatoms. The predicted octanol–water partition coefficient (Wildman–Crippen LogP) is 0.901. The molecule has 80 valence electrons. The summed E-state index contributed by atoms with van der Waals surface area (Å²) in [5.74, 6) is 0. The molecule has 0 atom stereocenters. The Balaban J connectivity index is 2.18. The predicted molar refractivity (Wildman–Crippen MR) is 54.8 cm³/mol. The standard InChI is InChI=1S/C10H8N4O2/c15-5-7-6-16-10(11-7)14-9-4-2-1-3-8(9)12-13-14/h1-4,6,15H,5H2. The Morgan fingerprint density at radius 3 is 3.00 bits per heavy atom. The molecule has 0 fully saturated rings. The van der Waals surface area contributed by atoms with Crippen LogP contribution in [0.15, 0.2) is 34.9 Å². The number of para-hydroxylation sites is 1. The number of aliphatic hydroxyl groups excluding tert-OH is 1. The minimum atomic E-state index is -0.157. The number of hydrogen-bond donors (Lipinski definition) is 1. The molecule has 0 spiro atoms. The van der Waals surface area contributed by atoms with Crippen LogP contribution < -0.4 is 0 Å². The van der Waals surface area contributed by atoms with Crippen LogP contribution >= 0.6 is 0 Å². The summed E-state index contributed by atoms with van der Waals surface area (Å²) in [6, 6.07) is 7.80. The maximum atomic E-state index is 8.89. The second kappa shape index (κ2) is 3.42. The lowest BCUT2D eigenvalue weighted by molar-refractivity contribution is 0.276. The fourth-order valence-electron chi connectivity index (χ4n) is 1.48. The van der Waals surface area contributed by atoms with Gasteiger partial charge in [-0.2, -0.15) is 9.67 Å². The number of aromatic nitrogens is 4. The van der Waals surface area contributed by atoms with Gasteiger partial charge in [-0.15, -0.1) is 5.10 Å². The van der Waals surface area contributed by atoms with Crippen molar-refractivity contribution >= 4 is 11.0 Å². The van der Waals surface area contributed by atoms with Gasteiger partial charge in [-0.25, -0.2) is 0 Å². The first-order valence-electron chi connectivity index (χ1n) is 4.74. The number of hydrogen-bond acceptors (Lipinski definition) is 5. The quantitative estimate of drug-likeness (QED) is 0.688. The Hall–Kier alpha value is -2.21. The van der Waals surface area contributed by atoms with E-state index in [2.05, 4.69) is 15.3 Å². The van der Waals surface area contributed by atoms with Gasteiger partial charge in [-0.1, -0.05) is 17.3 Å². The van der Waals surface area contributed by atoms with E-state index in [1.807, 2.05) is 24.3 Å². The van der Waals surface area contributed by atoms with Crippen molar-refractivity contribution in [3.05, 3.63) is 36.2 Å². The molecule has 2 heterocycles. The second-order valence-electron chi connectivity index (χ2n) is 3.27. The summed E-state index contributed by atoms with van der Waals surface area (Å²) >= 11 is 0. The van der Waals surface area contributed by atoms with Crippen molar-refractivity contribution in [2.75, 3.05) is 0 Å². The highest BCUT2D eigenvalue weighted by Gasteiger charge is 2.10. The van der Waals surface area contributed by atoms with Gasteiger partial charge in [0.15, 0.2) is 0 Å². The van der Waals surface area contributed by atoms with Gasteiger partial charge in [-0.3, -0.25) is 0 Å². The van der Waals surface area contributed by atoms with Crippen LogP contribution in [0.3, 0.4) is 0 Å². The van der Waals surface area contributed by atoms with Gasteiger partial charge in [0.2, 0.25) is 0 Å². The summed E-state index contributed by atoms with van der Waals surface area (Å²) in [6.07, 6.45) is 1.39. The molecule has 0 unspecified atom stereocenters. The summed E-state index contributed by atoms with van der Waals surface area (Å²) in [6.45, 7) is -0.157. The van der Waals surface area contributed by atoms with Crippen LogP contribution in [-0.4, -0.2) is 25.1 Å². The lowest BCUT2D eigenvalue weighted by Gasteiger charge is -1.93. The minimum Gasteiger partial charge on any atom is -0.430 e. The molecule has 0 amide bonds. The van der Waals surface area contributed by atoms with E-state index in [0.717, 1.165) is 11.0 Å². The van der Waals surface area contributed by atoms with Crippen LogP contribution in [0.5, 0.6) is 0 Å². The zero-order chi connectivity index (χ0) is 11.0. The molecule has 2 aromatic heterocycles. The van der Waals surface area contributed by atoms with Gasteiger partial charge in [0.25, 0.3) is 0 Å². The second-order valence-corrected chi connectivity index (χ2v) is 3.27. The maximum Gasteiger partial charge on any atom is 0.325 e. The van der Waals surface area contributed by atoms with E-state index in [4.69, 9.17) is 9.52 Å². The Bertz CT molecular complexity index is 628. The first-order chi connectivity index (χ1) is 7.88. The first-order valence-corrected chi connectivity index (χ1v) is 4.74. The normalized spacial score (nSPS) is 11.1. The number of fused-ring (bicyclic) bond motifs is 1. The molecule has 0 aliphatic heterocycles. The molecule has 16 heavy (non-hydrogen) atoms. The van der Waals surface area contributed by atoms with Gasteiger partial charge in [0.05, 0.1) is 12.1 Å². The molecular weight excluding hydrogens is 208 g/mol. The van der Waals surface area contributed by atoms with Crippen LogP contribution in [0.4, 0.5) is 0 Å². The van der Waals surface area contributed by atoms with E-state index >= 15 is 0 Å². The fourth-order valence-corrected chi connectivity index (χ4v) is 1.48. The highest BCUT2D eigenvalue weighted by molar-refractivity contribution is 5.75. The van der Waals surface area contributed by atoms with Gasteiger partial charge in [0, 0.05) is 0 Å². The molecule has 0 saturated heterocycles. The van der Waals surface area contributed by atoms with E-state index in [1.165, 1.54) is 10.9 Å². The molecule has 0 aliphatic carbocycles. The first kappa shape index (κ1) is 9.05. The van der Waals surface area contributed by atoms with Crippen LogP contribution in [0.1, 0.15) is 5.69 Å². The smallest absolute Gasteiger partial charge is 0.325 e. The van der Waals surface area contributed by atoms with Crippen LogP contribution in [0.2, 0.25) is 0 Å². The molecular formula is C10H8N4O2. The van der Waals surface area contributed by atoms with Gasteiger partial charge in [-0.05, 0) is 12.1 Å². The Morgan fingerprint density at radius 1 is 1.31 bits per heavy atom. The van der Waals surface area contributed by atoms with Crippen LogP contribution in [0.25, 0.3) is 17.0 Å². The number of benzene rings is 1. The highest BCUT2D eigenvalue weighted by Crippen LogP contribution is 2.15. The highest BCUT2D eigenvalue weighted by atomic mass is 16.4. The number of aliphatic hydroxyl groups is 1. The Morgan fingerprint density at radius 2 is 2.19 bits per heavy atom. The summed E-state index contributed by atoms with van der Waals surface area (Å²) in [7, 11) is 0. The Kier molecular flexibility index (Phi) is 1.94. The van der Waals surface area contributed by atoms with Crippen molar-refractivity contribution in [2.45, 2.75) is 6.61 Å². The minimum absolute atomic E-state index is 0.157. The van der Waals surface area contributed by atoms with Crippen molar-refractivity contribution in [3.63, 3.8) is 0 Å². The molecule has 1 N–H and O–H groups in total. The third-order valence-electron chi connectivity index (χ3n) is 2.23. The van der Waals surface area contributed by atoms with Gasteiger partial charge in [0.1, 0.15) is 17.5 Å². The van der Waals surface area contributed by atoms with Crippen LogP contribution in [0, 0.1) is 0 Å². The molecule has 0 aliphatic rings. The number of rotatable bonds is 2. The van der Waals surface area contributed by atoms with Crippen LogP contribution in [-0.2, 0) is 6.61 Å². The SMILES string of the molecule is OCc1coc(-n2nnc3ccccc32)n1. The average Bonchev–Trinajstić information content (AvgIpc) is 2.94. The molecule has 1 aromatic carbocycles. The van der Waals surface area contributed by atoms with Crippen molar-refractivity contribution in [2.24, 2.45) is 0 Å². The molecule has 0 radical (unpaired) electrons. The largest absolute Gasteiger partial charge is 0.430 e. The summed E-state index contributed by atoms with van der Waals surface area (Å²) in [5.41, 5.74) is 2.05.